The molecule has 0 radical (unpaired) electrons. The molecule has 0 spiro atoms. The molecule has 4 aromatic rings. The zero-order valence-electron chi connectivity index (χ0n) is 17.4. The van der Waals surface area contributed by atoms with Crippen LogP contribution in [0.2, 0.25) is 5.02 Å². The molecule has 2 aromatic carbocycles. The molecule has 0 bridgehead atoms. The molecule has 0 fully saturated rings. The molecule has 2 aromatic heterocycles. The van der Waals surface area contributed by atoms with Crippen LogP contribution >= 0.6 is 23.4 Å². The van der Waals surface area contributed by atoms with Gasteiger partial charge in [0.25, 0.3) is 11.6 Å². The fraction of sp³-hybridized carbons (Fsp3) is 0.0455. The van der Waals surface area contributed by atoms with Gasteiger partial charge in [-0.1, -0.05) is 35.5 Å². The van der Waals surface area contributed by atoms with Gasteiger partial charge in [0.2, 0.25) is 0 Å². The van der Waals surface area contributed by atoms with E-state index in [0.717, 1.165) is 11.3 Å². The SMILES string of the molecule is O=C(CSc1nnc(-c2ccncc2)n1-c1ccc(Cl)cc1)N/N=C/c1ccccc1[N+](=O)[O-]. The van der Waals surface area contributed by atoms with Gasteiger partial charge in [-0.25, -0.2) is 5.43 Å². The van der Waals surface area contributed by atoms with Crippen LogP contribution < -0.4 is 5.43 Å². The summed E-state index contributed by atoms with van der Waals surface area (Å²) in [5, 5.41) is 24.5. The maximum Gasteiger partial charge on any atom is 0.278 e. The van der Waals surface area contributed by atoms with Crippen LogP contribution in [0.4, 0.5) is 5.69 Å². The van der Waals surface area contributed by atoms with Crippen molar-refractivity contribution in [2.75, 3.05) is 5.75 Å². The van der Waals surface area contributed by atoms with Crippen LogP contribution in [-0.2, 0) is 4.79 Å². The van der Waals surface area contributed by atoms with Gasteiger partial charge in [-0.2, -0.15) is 5.10 Å². The number of aromatic nitrogens is 4. The van der Waals surface area contributed by atoms with Crippen molar-refractivity contribution in [1.29, 1.82) is 0 Å². The molecule has 170 valence electrons. The number of nitrogens with zero attached hydrogens (tertiary/aromatic N) is 6. The number of carbonyl (C=O) groups is 1. The molecule has 0 aliphatic carbocycles. The highest BCUT2D eigenvalue weighted by Crippen LogP contribution is 2.28. The molecular formula is C22H16ClN7O3S. The average Bonchev–Trinajstić information content (AvgIpc) is 3.28. The van der Waals surface area contributed by atoms with Gasteiger partial charge < -0.3 is 0 Å². The van der Waals surface area contributed by atoms with E-state index in [2.05, 4.69) is 25.7 Å². The zero-order valence-corrected chi connectivity index (χ0v) is 19.0. The van der Waals surface area contributed by atoms with E-state index in [1.54, 1.807) is 36.7 Å². The van der Waals surface area contributed by atoms with Gasteiger partial charge in [0.05, 0.1) is 22.5 Å². The maximum absolute atomic E-state index is 12.3. The average molecular weight is 494 g/mol. The lowest BCUT2D eigenvalue weighted by Crippen LogP contribution is -2.20. The summed E-state index contributed by atoms with van der Waals surface area (Å²) in [6.07, 6.45) is 4.55. The molecule has 0 saturated carbocycles. The lowest BCUT2D eigenvalue weighted by Gasteiger charge is -2.10. The molecule has 0 aliphatic heterocycles. The van der Waals surface area contributed by atoms with Crippen molar-refractivity contribution < 1.29 is 9.72 Å². The van der Waals surface area contributed by atoms with Crippen LogP contribution in [0.3, 0.4) is 0 Å². The Bertz CT molecular complexity index is 1340. The number of hydrogen-bond donors (Lipinski definition) is 1. The largest absolute Gasteiger partial charge is 0.278 e. The minimum Gasteiger partial charge on any atom is -0.272 e. The molecule has 34 heavy (non-hydrogen) atoms. The van der Waals surface area contributed by atoms with Crippen LogP contribution in [0.15, 0.2) is 83.3 Å². The number of hydrazone groups is 1. The molecule has 0 unspecified atom stereocenters. The van der Waals surface area contributed by atoms with Gasteiger partial charge in [-0.3, -0.25) is 24.5 Å². The summed E-state index contributed by atoms with van der Waals surface area (Å²) in [5.41, 5.74) is 4.14. The van der Waals surface area contributed by atoms with Crippen LogP contribution in [0, 0.1) is 10.1 Å². The van der Waals surface area contributed by atoms with E-state index in [1.807, 2.05) is 28.8 Å². The first-order valence-corrected chi connectivity index (χ1v) is 11.2. The van der Waals surface area contributed by atoms with Gasteiger partial charge in [0.15, 0.2) is 11.0 Å². The smallest absolute Gasteiger partial charge is 0.272 e. The fourth-order valence-corrected chi connectivity index (χ4v) is 3.84. The minimum absolute atomic E-state index is 0.00368. The molecular weight excluding hydrogens is 478 g/mol. The predicted molar refractivity (Wildman–Crippen MR) is 129 cm³/mol. The Kier molecular flexibility index (Phi) is 7.25. The van der Waals surface area contributed by atoms with Crippen LogP contribution in [-0.4, -0.2) is 42.5 Å². The van der Waals surface area contributed by atoms with Gasteiger partial charge in [-0.15, -0.1) is 10.2 Å². The summed E-state index contributed by atoms with van der Waals surface area (Å²) in [5.74, 6) is 0.175. The van der Waals surface area contributed by atoms with Gasteiger partial charge in [0.1, 0.15) is 0 Å². The highest BCUT2D eigenvalue weighted by molar-refractivity contribution is 7.99. The molecule has 1 amide bonds. The number of thioether (sulfide) groups is 1. The Morgan fingerprint density at radius 3 is 2.59 bits per heavy atom. The Morgan fingerprint density at radius 2 is 1.85 bits per heavy atom. The van der Waals surface area contributed by atoms with E-state index in [-0.39, 0.29) is 17.0 Å². The summed E-state index contributed by atoms with van der Waals surface area (Å²) >= 11 is 7.21. The van der Waals surface area contributed by atoms with Gasteiger partial charge >= 0.3 is 0 Å². The summed E-state index contributed by atoms with van der Waals surface area (Å²) in [7, 11) is 0. The van der Waals surface area contributed by atoms with E-state index in [1.165, 1.54) is 30.1 Å². The number of halogens is 1. The third kappa shape index (κ3) is 5.45. The Morgan fingerprint density at radius 1 is 1.12 bits per heavy atom. The van der Waals surface area contributed by atoms with Crippen LogP contribution in [0.5, 0.6) is 0 Å². The number of nitro groups is 1. The highest BCUT2D eigenvalue weighted by Gasteiger charge is 2.17. The second-order valence-electron chi connectivity index (χ2n) is 6.75. The Hall–Kier alpha value is -4.09. The number of amides is 1. The first kappa shape index (κ1) is 23.1. The second kappa shape index (κ2) is 10.7. The number of hydrogen-bond acceptors (Lipinski definition) is 8. The van der Waals surface area contributed by atoms with Gasteiger partial charge in [0, 0.05) is 34.7 Å². The number of nitro benzene ring substituents is 1. The first-order chi connectivity index (χ1) is 16.5. The number of benzene rings is 2. The monoisotopic (exact) mass is 493 g/mol. The van der Waals surface area contributed by atoms with Crippen molar-refractivity contribution in [3.63, 3.8) is 0 Å². The van der Waals surface area contributed by atoms with E-state index in [4.69, 9.17) is 11.6 Å². The molecule has 0 saturated heterocycles. The third-order valence-electron chi connectivity index (χ3n) is 4.52. The van der Waals surface area contributed by atoms with Crippen molar-refractivity contribution in [3.8, 4) is 17.1 Å². The number of carbonyl (C=O) groups excluding carboxylic acids is 1. The summed E-state index contributed by atoms with van der Waals surface area (Å²) < 4.78 is 1.82. The van der Waals surface area contributed by atoms with Gasteiger partial charge in [-0.05, 0) is 42.5 Å². The third-order valence-corrected chi connectivity index (χ3v) is 5.70. The number of nitrogens with one attached hydrogen (secondary N) is 1. The zero-order chi connectivity index (χ0) is 23.9. The lowest BCUT2D eigenvalue weighted by atomic mass is 10.2. The van der Waals surface area contributed by atoms with Crippen molar-refractivity contribution in [1.82, 2.24) is 25.2 Å². The Balaban J connectivity index is 1.50. The number of para-hydroxylation sites is 1. The van der Waals surface area contributed by atoms with E-state index >= 15 is 0 Å². The second-order valence-corrected chi connectivity index (χ2v) is 8.13. The van der Waals surface area contributed by atoms with E-state index in [9.17, 15) is 14.9 Å². The quantitative estimate of drug-likeness (QED) is 0.169. The minimum atomic E-state index is -0.511. The van der Waals surface area contributed by atoms with Crippen LogP contribution in [0.1, 0.15) is 5.56 Å². The first-order valence-electron chi connectivity index (χ1n) is 9.83. The molecule has 2 heterocycles. The van der Waals surface area contributed by atoms with Crippen molar-refractivity contribution in [3.05, 3.63) is 93.8 Å². The molecule has 0 atom stereocenters. The summed E-state index contributed by atoms with van der Waals surface area (Å²) in [4.78, 5) is 26.9. The van der Waals surface area contributed by atoms with E-state index in [0.29, 0.717) is 16.0 Å². The lowest BCUT2D eigenvalue weighted by molar-refractivity contribution is -0.385. The standard InChI is InChI=1S/C22H16ClN7O3S/c23-17-5-7-18(8-6-17)29-21(15-9-11-24-12-10-15)27-28-22(29)34-14-20(31)26-25-13-16-3-1-2-4-19(16)30(32)33/h1-13H,14H2,(H,26,31)/b25-13+. The van der Waals surface area contributed by atoms with Crippen LogP contribution in [0.25, 0.3) is 17.1 Å². The molecule has 10 nitrogen and oxygen atoms in total. The number of pyridine rings is 1. The predicted octanol–water partition coefficient (Wildman–Crippen LogP) is 4.13. The van der Waals surface area contributed by atoms with Crippen molar-refractivity contribution in [2.24, 2.45) is 5.10 Å². The van der Waals surface area contributed by atoms with E-state index < -0.39 is 10.8 Å². The number of rotatable bonds is 8. The molecule has 0 aliphatic rings. The summed E-state index contributed by atoms with van der Waals surface area (Å²) in [6, 6.07) is 16.9. The van der Waals surface area contributed by atoms with Crippen molar-refractivity contribution in [2.45, 2.75) is 5.16 Å². The molecule has 12 heteroatoms. The van der Waals surface area contributed by atoms with Crippen molar-refractivity contribution >= 4 is 41.2 Å². The topological polar surface area (TPSA) is 128 Å². The Labute approximate surface area is 202 Å². The molecule has 4 rings (SSSR count). The maximum atomic E-state index is 12.3. The highest BCUT2D eigenvalue weighted by atomic mass is 35.5. The normalized spacial score (nSPS) is 11.0. The summed E-state index contributed by atoms with van der Waals surface area (Å²) in [6.45, 7) is 0. The molecule has 1 N–H and O–H groups in total. The fourth-order valence-electron chi connectivity index (χ4n) is 2.97.